The van der Waals surface area contributed by atoms with Crippen molar-refractivity contribution >= 4 is 0 Å². The van der Waals surface area contributed by atoms with E-state index in [0.717, 1.165) is 19.3 Å². The van der Waals surface area contributed by atoms with E-state index in [1.165, 1.54) is 5.57 Å². The first-order chi connectivity index (χ1) is 36.5. The topological polar surface area (TPSA) is 377 Å². The van der Waals surface area contributed by atoms with Gasteiger partial charge in [-0.3, -0.25) is 0 Å². The molecule has 0 aromatic heterocycles. The van der Waals surface area contributed by atoms with E-state index in [2.05, 4.69) is 47.6 Å². The molecule has 30 atom stereocenters. The summed E-state index contributed by atoms with van der Waals surface area (Å²) in [7, 11) is 0. The van der Waals surface area contributed by atoms with Gasteiger partial charge >= 0.3 is 0 Å². The number of hydrogen-bond donors (Lipinski definition) is 15. The van der Waals surface area contributed by atoms with Gasteiger partial charge in [0.15, 0.2) is 25.2 Å². The zero-order valence-corrected chi connectivity index (χ0v) is 46.6. The van der Waals surface area contributed by atoms with Crippen LogP contribution in [0.1, 0.15) is 114 Å². The van der Waals surface area contributed by atoms with Crippen LogP contribution in [0.25, 0.3) is 0 Å². The summed E-state index contributed by atoms with van der Waals surface area (Å²) in [5, 5.41) is 163. The summed E-state index contributed by atoms with van der Waals surface area (Å²) in [5.41, 5.74) is -1.99. The van der Waals surface area contributed by atoms with Crippen molar-refractivity contribution in [2.75, 3.05) is 26.4 Å². The molecule has 4 heterocycles. The van der Waals surface area contributed by atoms with Gasteiger partial charge in [0.05, 0.1) is 62.5 Å². The lowest BCUT2D eigenvalue weighted by molar-refractivity contribution is -0.392. The van der Waals surface area contributed by atoms with E-state index in [9.17, 15) is 76.6 Å². The zero-order chi connectivity index (χ0) is 57.5. The molecule has 78 heavy (non-hydrogen) atoms. The Bertz CT molecular complexity index is 2020. The molecule has 0 amide bonds. The predicted octanol–water partition coefficient (Wildman–Crippen LogP) is -1.96. The molecule has 15 N–H and O–H groups in total. The normalized spacial score (nSPS) is 51.4. The van der Waals surface area contributed by atoms with Gasteiger partial charge in [0.1, 0.15) is 79.4 Å². The molecule has 0 aromatic rings. The number of allylic oxidation sites excluding steroid dienone is 1. The maximum Gasteiger partial charge on any atom is 0.187 e. The number of aliphatic hydroxyl groups is 15. The monoisotopic (exact) mass is 1120 g/mol. The van der Waals surface area contributed by atoms with Crippen LogP contribution in [0.2, 0.25) is 0 Å². The van der Waals surface area contributed by atoms with Gasteiger partial charge in [-0.1, -0.05) is 60.1 Å². The molecule has 8 aliphatic rings. The lowest BCUT2D eigenvalue weighted by Crippen LogP contribution is -2.67. The quantitative estimate of drug-likeness (QED) is 0.0704. The van der Waals surface area contributed by atoms with Crippen LogP contribution in [0.15, 0.2) is 11.6 Å². The summed E-state index contributed by atoms with van der Waals surface area (Å²) in [4.78, 5) is 0. The Morgan fingerprint density at radius 3 is 1.65 bits per heavy atom. The first kappa shape index (κ1) is 62.9. The maximum atomic E-state index is 12.7. The van der Waals surface area contributed by atoms with E-state index in [-0.39, 0.29) is 40.9 Å². The highest BCUT2D eigenvalue weighted by atomic mass is 16.8. The summed E-state index contributed by atoms with van der Waals surface area (Å²) in [6.45, 7) is 15.2. The van der Waals surface area contributed by atoms with Crippen molar-refractivity contribution in [3.8, 4) is 0 Å². The second-order valence-electron chi connectivity index (χ2n) is 26.2. The van der Waals surface area contributed by atoms with Crippen molar-refractivity contribution in [1.29, 1.82) is 0 Å². The maximum absolute atomic E-state index is 12.7. The van der Waals surface area contributed by atoms with Crippen molar-refractivity contribution in [2.24, 2.45) is 51.2 Å². The smallest absolute Gasteiger partial charge is 0.187 e. The molecule has 452 valence electrons. The van der Waals surface area contributed by atoms with E-state index < -0.39 is 184 Å². The van der Waals surface area contributed by atoms with Gasteiger partial charge in [-0.05, 0) is 99.7 Å². The summed E-state index contributed by atoms with van der Waals surface area (Å²) in [6, 6.07) is 0. The first-order valence-electron chi connectivity index (χ1n) is 28.4. The van der Waals surface area contributed by atoms with Crippen LogP contribution in [-0.2, 0) is 37.9 Å². The molecule has 4 aliphatic heterocycles. The number of ether oxygens (including phenoxy) is 8. The predicted molar refractivity (Wildman–Crippen MR) is 271 cm³/mol. The number of aliphatic hydroxyl groups excluding tert-OH is 14. The molecular formula is C55H94O23. The summed E-state index contributed by atoms with van der Waals surface area (Å²) in [5.74, 6) is -0.443. The zero-order valence-electron chi connectivity index (χ0n) is 46.6. The van der Waals surface area contributed by atoms with Crippen molar-refractivity contribution in [3.05, 3.63) is 11.6 Å². The molecule has 8 rings (SSSR count). The molecule has 0 bridgehead atoms. The fourth-order valence-corrected chi connectivity index (χ4v) is 15.9. The minimum absolute atomic E-state index is 0.0160. The minimum Gasteiger partial charge on any atom is -0.394 e. The van der Waals surface area contributed by atoms with Crippen molar-refractivity contribution < 1.29 is 114 Å². The average Bonchev–Trinajstić information content (AvgIpc) is 3.86. The average molecular weight is 1120 g/mol. The van der Waals surface area contributed by atoms with E-state index in [0.29, 0.717) is 25.7 Å². The summed E-state index contributed by atoms with van der Waals surface area (Å²) in [6.07, 6.45) is -24.6. The third-order valence-electron chi connectivity index (χ3n) is 21.2. The SMILES string of the molecule is C[C@@H]1[C@@H](O)[C@H](O)[C@@H](O[C@H]2[C@H](O)[C@@H](O[C@H]3O[C@@H](CO)[C@H](O)[C@@H](O)[C@@H]3O)[C@H](O[C@H](CC[C@@H](C)C3CC[C@@]4(C)C5CC=C6C(CC[C@H](O[C@@H]7O[C@H](CO)[C@@H](O)[C@H](O)[C@H]7O)C6(C)C)[C@]5(C)[C@H](O)C[C@]34C)C(C)(C)O)O[C@@H]2CO)O[C@H]1CO. The third-order valence-corrected chi connectivity index (χ3v) is 21.2. The molecule has 4 aliphatic carbocycles. The third kappa shape index (κ3) is 10.9. The van der Waals surface area contributed by atoms with Crippen LogP contribution in [0.4, 0.5) is 0 Å². The van der Waals surface area contributed by atoms with Crippen molar-refractivity contribution in [2.45, 2.75) is 254 Å². The van der Waals surface area contributed by atoms with Crippen LogP contribution >= 0.6 is 0 Å². The summed E-state index contributed by atoms with van der Waals surface area (Å²) < 4.78 is 48.7. The highest BCUT2D eigenvalue weighted by molar-refractivity contribution is 5.32. The van der Waals surface area contributed by atoms with E-state index in [4.69, 9.17) is 37.9 Å². The van der Waals surface area contributed by atoms with Crippen molar-refractivity contribution in [3.63, 3.8) is 0 Å². The van der Waals surface area contributed by atoms with Gasteiger partial charge in [-0.25, -0.2) is 0 Å². The molecule has 3 saturated carbocycles. The Hall–Kier alpha value is -1.18. The highest BCUT2D eigenvalue weighted by Crippen LogP contribution is 2.75. The summed E-state index contributed by atoms with van der Waals surface area (Å²) >= 11 is 0. The molecule has 0 spiro atoms. The lowest BCUT2D eigenvalue weighted by Gasteiger charge is -2.67. The highest BCUT2D eigenvalue weighted by Gasteiger charge is 2.70. The standard InChI is InChI=1S/C55H94O23/c1-23(25-16-17-53(7)32-13-11-26-27(55(32,9)33(60)18-54(25,53)8)12-15-34(51(26,3)4)75-47-42(67)39(64)37(62)29(20-57)72-47)10-14-35(52(5,6)70)76-50-46(78-49-43(68)40(65)38(63)30(21-58)73-49)44(69)45(31(22-59)74-50)77-48-41(66)36(61)24(2)28(19-56)71-48/h11,23-25,27-50,56-70H,10,12-22H2,1-9H3/t23-,24+,25?,27?,28+,29-,30+,31-,32?,33-,34+,35-,36-,37-,38+,39+,40-,41+,42-,43+,44+,45-,46-,47+,48-,49-,50+,53+,54-,55+/m1/s1. The van der Waals surface area contributed by atoms with Crippen LogP contribution in [0.5, 0.6) is 0 Å². The van der Waals surface area contributed by atoms with Gasteiger partial charge in [0.2, 0.25) is 0 Å². The number of rotatable bonds is 17. The van der Waals surface area contributed by atoms with Crippen LogP contribution in [0.3, 0.4) is 0 Å². The second-order valence-corrected chi connectivity index (χ2v) is 26.2. The Morgan fingerprint density at radius 2 is 1.10 bits per heavy atom. The van der Waals surface area contributed by atoms with Gasteiger partial charge < -0.3 is 114 Å². The molecule has 0 aromatic carbocycles. The first-order valence-corrected chi connectivity index (χ1v) is 28.4. The Kier molecular flexibility index (Phi) is 19.1. The fraction of sp³-hybridized carbons (Fsp3) is 0.964. The fourth-order valence-electron chi connectivity index (χ4n) is 15.9. The van der Waals surface area contributed by atoms with Crippen LogP contribution in [-0.4, -0.2) is 244 Å². The minimum atomic E-state index is -1.93. The lowest BCUT2D eigenvalue weighted by atomic mass is 9.38. The largest absolute Gasteiger partial charge is 0.394 e. The van der Waals surface area contributed by atoms with E-state index >= 15 is 0 Å². The van der Waals surface area contributed by atoms with E-state index in [1.54, 1.807) is 20.8 Å². The van der Waals surface area contributed by atoms with Gasteiger partial charge in [-0.2, -0.15) is 0 Å². The van der Waals surface area contributed by atoms with Gasteiger partial charge in [0, 0.05) is 16.7 Å². The Labute approximate surface area is 457 Å². The number of fused-ring (bicyclic) bond motifs is 5. The van der Waals surface area contributed by atoms with E-state index in [1.807, 2.05) is 0 Å². The van der Waals surface area contributed by atoms with Gasteiger partial charge in [0.25, 0.3) is 0 Å². The molecule has 4 saturated heterocycles. The molecule has 0 radical (unpaired) electrons. The van der Waals surface area contributed by atoms with Crippen molar-refractivity contribution in [1.82, 2.24) is 0 Å². The molecular weight excluding hydrogens is 1030 g/mol. The molecule has 3 unspecified atom stereocenters. The Balaban J connectivity index is 0.995. The van der Waals surface area contributed by atoms with Gasteiger partial charge in [-0.15, -0.1) is 0 Å². The molecule has 23 heteroatoms. The molecule has 23 nitrogen and oxygen atoms in total. The molecule has 7 fully saturated rings. The second kappa shape index (κ2) is 23.7. The Morgan fingerprint density at radius 1 is 0.590 bits per heavy atom. The number of hydrogen-bond acceptors (Lipinski definition) is 23. The van der Waals surface area contributed by atoms with Crippen LogP contribution < -0.4 is 0 Å². The van der Waals surface area contributed by atoms with Crippen LogP contribution in [0, 0.1) is 51.2 Å².